The van der Waals surface area contributed by atoms with E-state index in [1.165, 1.54) is 6.08 Å². The first-order valence-electron chi connectivity index (χ1n) is 7.10. The third-order valence-corrected chi connectivity index (χ3v) is 4.91. The summed E-state index contributed by atoms with van der Waals surface area (Å²) in [7, 11) is 2.77. The van der Waals surface area contributed by atoms with Gasteiger partial charge in [-0.05, 0) is 61.3 Å². The summed E-state index contributed by atoms with van der Waals surface area (Å²) in [5, 5.41) is 0. The molecule has 1 aliphatic rings. The number of pyridine rings is 1. The Morgan fingerprint density at radius 3 is 2.32 bits per heavy atom. The van der Waals surface area contributed by atoms with Crippen LogP contribution in [0.15, 0.2) is 22.5 Å². The number of halogens is 2. The molecular formula is C15H21BBrFN2O2. The highest BCUT2D eigenvalue weighted by Crippen LogP contribution is 2.39. The fraction of sp³-hybridized carbons (Fsp3) is 0.533. The summed E-state index contributed by atoms with van der Waals surface area (Å²) in [6, 6.07) is 1.74. The molecule has 2 rings (SSSR count). The van der Waals surface area contributed by atoms with Crippen molar-refractivity contribution in [2.75, 3.05) is 19.0 Å². The van der Waals surface area contributed by atoms with Crippen molar-refractivity contribution in [3.8, 4) is 0 Å². The van der Waals surface area contributed by atoms with E-state index >= 15 is 0 Å². The molecule has 1 aliphatic heterocycles. The van der Waals surface area contributed by atoms with E-state index in [0.717, 1.165) is 10.3 Å². The summed E-state index contributed by atoms with van der Waals surface area (Å²) in [6.07, 6.45) is 3.06. The Kier molecular flexibility index (Phi) is 4.71. The first kappa shape index (κ1) is 17.4. The van der Waals surface area contributed by atoms with Crippen molar-refractivity contribution in [1.29, 1.82) is 0 Å². The van der Waals surface area contributed by atoms with E-state index in [-0.39, 0.29) is 0 Å². The lowest BCUT2D eigenvalue weighted by molar-refractivity contribution is 0.00578. The minimum absolute atomic E-state index is 0.463. The highest BCUT2D eigenvalue weighted by atomic mass is 79.9. The molecule has 120 valence electrons. The summed E-state index contributed by atoms with van der Waals surface area (Å²) in [6.45, 7) is 7.58. The molecular weight excluding hydrogens is 350 g/mol. The van der Waals surface area contributed by atoms with Crippen LogP contribution in [0.5, 0.6) is 0 Å². The Morgan fingerprint density at radius 1 is 1.27 bits per heavy atom. The van der Waals surface area contributed by atoms with Crippen LogP contribution in [0.2, 0.25) is 0 Å². The van der Waals surface area contributed by atoms with E-state index < -0.39 is 24.0 Å². The quantitative estimate of drug-likeness (QED) is 0.757. The average molecular weight is 371 g/mol. The van der Waals surface area contributed by atoms with Crippen molar-refractivity contribution in [2.24, 2.45) is 0 Å². The summed E-state index contributed by atoms with van der Waals surface area (Å²) in [5.74, 6) is 0.732. The van der Waals surface area contributed by atoms with Crippen LogP contribution in [-0.2, 0) is 9.31 Å². The summed E-state index contributed by atoms with van der Waals surface area (Å²) < 4.78 is 26.7. The van der Waals surface area contributed by atoms with Crippen LogP contribution >= 0.6 is 15.9 Å². The summed E-state index contributed by atoms with van der Waals surface area (Å²) in [5.41, 5.74) is -0.901. The maximum Gasteiger partial charge on any atom is 0.525 e. The summed E-state index contributed by atoms with van der Waals surface area (Å²) in [4.78, 5) is 6.11. The predicted octanol–water partition coefficient (Wildman–Crippen LogP) is 3.85. The monoisotopic (exact) mass is 370 g/mol. The molecule has 0 aromatic carbocycles. The second kappa shape index (κ2) is 5.94. The van der Waals surface area contributed by atoms with Crippen LogP contribution in [0, 0.1) is 0 Å². The topological polar surface area (TPSA) is 34.6 Å². The Hall–Kier alpha value is -0.915. The van der Waals surface area contributed by atoms with Gasteiger partial charge in [0.2, 0.25) is 0 Å². The van der Waals surface area contributed by atoms with Crippen molar-refractivity contribution < 1.29 is 13.7 Å². The standard InChI is InChI=1S/C15H21BBrFN2O2/c1-14(2)15(3,4)22-16(21-14)11(18)9-10-7-8-19-13(12(10)17)20(5)6/h7-9H,1-6H3. The van der Waals surface area contributed by atoms with Crippen molar-refractivity contribution in [3.05, 3.63) is 28.0 Å². The lowest BCUT2D eigenvalue weighted by atomic mass is 9.87. The molecule has 2 heterocycles. The number of nitrogens with zero attached hydrogens (tertiary/aromatic N) is 2. The maximum absolute atomic E-state index is 14.5. The molecule has 0 aliphatic carbocycles. The molecule has 0 spiro atoms. The maximum atomic E-state index is 14.5. The smallest absolute Gasteiger partial charge is 0.398 e. The van der Waals surface area contributed by atoms with E-state index in [0.29, 0.717) is 5.56 Å². The largest absolute Gasteiger partial charge is 0.525 e. The second-order valence-electron chi connectivity index (χ2n) is 6.55. The molecule has 1 saturated heterocycles. The van der Waals surface area contributed by atoms with Gasteiger partial charge in [0, 0.05) is 20.3 Å². The van der Waals surface area contributed by atoms with Gasteiger partial charge in [-0.3, -0.25) is 0 Å². The van der Waals surface area contributed by atoms with Crippen LogP contribution < -0.4 is 4.90 Å². The fourth-order valence-corrected chi connectivity index (χ4v) is 2.75. The van der Waals surface area contributed by atoms with Gasteiger partial charge in [0.25, 0.3) is 0 Å². The average Bonchev–Trinajstić information content (AvgIpc) is 2.60. The SMILES string of the molecule is CN(C)c1nccc(C=C(F)B2OC(C)(C)C(C)(C)O2)c1Br. The zero-order valence-electron chi connectivity index (χ0n) is 13.8. The van der Waals surface area contributed by atoms with Gasteiger partial charge in [-0.1, -0.05) is 0 Å². The molecule has 0 radical (unpaired) electrons. The van der Waals surface area contributed by atoms with Gasteiger partial charge >= 0.3 is 7.12 Å². The zero-order chi connectivity index (χ0) is 16.7. The van der Waals surface area contributed by atoms with E-state index in [2.05, 4.69) is 20.9 Å². The Morgan fingerprint density at radius 2 is 1.82 bits per heavy atom. The Labute approximate surface area is 140 Å². The third kappa shape index (κ3) is 3.21. The highest BCUT2D eigenvalue weighted by molar-refractivity contribution is 9.10. The third-order valence-electron chi connectivity index (χ3n) is 4.10. The number of aromatic nitrogens is 1. The molecule has 0 unspecified atom stereocenters. The minimum Gasteiger partial charge on any atom is -0.398 e. The first-order chi connectivity index (χ1) is 10.0. The van der Waals surface area contributed by atoms with Crippen molar-refractivity contribution in [2.45, 2.75) is 38.9 Å². The van der Waals surface area contributed by atoms with Crippen LogP contribution in [0.1, 0.15) is 33.3 Å². The van der Waals surface area contributed by atoms with Gasteiger partial charge in [-0.25, -0.2) is 9.37 Å². The molecule has 1 fully saturated rings. The van der Waals surface area contributed by atoms with Crippen LogP contribution in [0.4, 0.5) is 10.2 Å². The van der Waals surface area contributed by atoms with Crippen LogP contribution in [0.3, 0.4) is 0 Å². The van der Waals surface area contributed by atoms with E-state index in [1.54, 1.807) is 12.3 Å². The van der Waals surface area contributed by atoms with Crippen LogP contribution in [0.25, 0.3) is 6.08 Å². The van der Waals surface area contributed by atoms with Crippen molar-refractivity contribution in [1.82, 2.24) is 4.98 Å². The molecule has 0 amide bonds. The molecule has 4 nitrogen and oxygen atoms in total. The second-order valence-corrected chi connectivity index (χ2v) is 7.34. The molecule has 1 aromatic rings. The number of anilines is 1. The molecule has 1 aromatic heterocycles. The number of hydrogen-bond acceptors (Lipinski definition) is 4. The van der Waals surface area contributed by atoms with Crippen LogP contribution in [-0.4, -0.2) is 37.4 Å². The molecule has 22 heavy (non-hydrogen) atoms. The first-order valence-corrected chi connectivity index (χ1v) is 7.89. The lowest BCUT2D eigenvalue weighted by Crippen LogP contribution is -2.41. The Bertz CT molecular complexity index is 589. The molecule has 0 bridgehead atoms. The van der Waals surface area contributed by atoms with E-state index in [4.69, 9.17) is 9.31 Å². The van der Waals surface area contributed by atoms with Crippen molar-refractivity contribution >= 4 is 34.9 Å². The van der Waals surface area contributed by atoms with Gasteiger partial charge in [0.15, 0.2) is 0 Å². The van der Waals surface area contributed by atoms with E-state index in [1.807, 2.05) is 46.7 Å². The van der Waals surface area contributed by atoms with Crippen molar-refractivity contribution in [3.63, 3.8) is 0 Å². The van der Waals surface area contributed by atoms with E-state index in [9.17, 15) is 4.39 Å². The lowest BCUT2D eigenvalue weighted by Gasteiger charge is -2.32. The van der Waals surface area contributed by atoms with Gasteiger partial charge in [0.1, 0.15) is 11.5 Å². The summed E-state index contributed by atoms with van der Waals surface area (Å²) >= 11 is 3.47. The minimum atomic E-state index is -0.993. The van der Waals surface area contributed by atoms with Gasteiger partial charge in [0.05, 0.1) is 15.7 Å². The van der Waals surface area contributed by atoms with Gasteiger partial charge < -0.3 is 14.2 Å². The zero-order valence-corrected chi connectivity index (χ0v) is 15.4. The molecule has 0 atom stereocenters. The fourth-order valence-electron chi connectivity index (χ4n) is 2.04. The molecule has 0 saturated carbocycles. The predicted molar refractivity (Wildman–Crippen MR) is 91.4 cm³/mol. The Balaban J connectivity index is 2.30. The molecule has 0 N–H and O–H groups in total. The number of hydrogen-bond donors (Lipinski definition) is 0. The normalized spacial score (nSPS) is 20.4. The van der Waals surface area contributed by atoms with Gasteiger partial charge in [-0.2, -0.15) is 0 Å². The van der Waals surface area contributed by atoms with Gasteiger partial charge in [-0.15, -0.1) is 0 Å². The highest BCUT2D eigenvalue weighted by Gasteiger charge is 2.53. The molecule has 7 heteroatoms. The number of rotatable bonds is 3.